The summed E-state index contributed by atoms with van der Waals surface area (Å²) in [7, 11) is 0. The van der Waals surface area contributed by atoms with Crippen LogP contribution in [0.3, 0.4) is 0 Å². The van der Waals surface area contributed by atoms with Crippen LogP contribution in [-0.4, -0.2) is 11.7 Å². The molecule has 1 N–H and O–H groups in total. The molecule has 0 aliphatic rings. The monoisotopic (exact) mass is 393 g/mol. The first kappa shape index (κ1) is 19.0. The number of halogens is 5. The van der Waals surface area contributed by atoms with Gasteiger partial charge in [-0.1, -0.05) is 41.4 Å². The summed E-state index contributed by atoms with van der Waals surface area (Å²) in [5.41, 5.74) is -0.240. The zero-order valence-electron chi connectivity index (χ0n) is 12.2. The molecule has 0 aliphatic carbocycles. The molecule has 2 rings (SSSR count). The van der Waals surface area contributed by atoms with Gasteiger partial charge in [-0.25, -0.2) is 0 Å². The van der Waals surface area contributed by atoms with Crippen LogP contribution in [0.25, 0.3) is 0 Å². The number of nitrogens with one attached hydrogen (secondary N) is 1. The Morgan fingerprint density at radius 2 is 1.79 bits per heavy atom. The zero-order chi connectivity index (χ0) is 17.7. The van der Waals surface area contributed by atoms with Crippen molar-refractivity contribution in [1.82, 2.24) is 0 Å². The average Bonchev–Trinajstić information content (AvgIpc) is 2.50. The van der Waals surface area contributed by atoms with E-state index in [9.17, 15) is 18.0 Å². The molecular weight excluding hydrogens is 382 g/mol. The molecule has 0 aromatic heterocycles. The van der Waals surface area contributed by atoms with Crippen LogP contribution in [-0.2, 0) is 16.7 Å². The van der Waals surface area contributed by atoms with Crippen molar-refractivity contribution in [1.29, 1.82) is 0 Å². The fourth-order valence-electron chi connectivity index (χ4n) is 1.92. The molecule has 0 saturated heterocycles. The van der Waals surface area contributed by atoms with E-state index in [-0.39, 0.29) is 11.4 Å². The summed E-state index contributed by atoms with van der Waals surface area (Å²) in [5.74, 6) is 0.00857. The highest BCUT2D eigenvalue weighted by molar-refractivity contribution is 7.99. The predicted molar refractivity (Wildman–Crippen MR) is 92.7 cm³/mol. The van der Waals surface area contributed by atoms with Gasteiger partial charge in [0, 0.05) is 5.75 Å². The molecule has 0 bridgehead atoms. The number of carbonyl (C=O) groups excluding carboxylic acids is 1. The van der Waals surface area contributed by atoms with Crippen LogP contribution >= 0.6 is 35.0 Å². The third kappa shape index (κ3) is 5.33. The minimum absolute atomic E-state index is 0.0203. The fourth-order valence-corrected chi connectivity index (χ4v) is 3.01. The van der Waals surface area contributed by atoms with Crippen molar-refractivity contribution < 1.29 is 18.0 Å². The van der Waals surface area contributed by atoms with Crippen LogP contribution in [0.2, 0.25) is 10.0 Å². The zero-order valence-corrected chi connectivity index (χ0v) is 14.5. The molecule has 2 nitrogen and oxygen atoms in total. The van der Waals surface area contributed by atoms with Gasteiger partial charge >= 0.3 is 6.18 Å². The van der Waals surface area contributed by atoms with E-state index in [4.69, 9.17) is 23.2 Å². The summed E-state index contributed by atoms with van der Waals surface area (Å²) in [5, 5.41) is 3.15. The summed E-state index contributed by atoms with van der Waals surface area (Å²) in [6.07, 6.45) is -4.52. The Morgan fingerprint density at radius 3 is 2.46 bits per heavy atom. The number of anilines is 1. The number of amides is 1. The van der Waals surface area contributed by atoms with Crippen molar-refractivity contribution in [3.63, 3.8) is 0 Å². The van der Waals surface area contributed by atoms with Crippen LogP contribution in [0.5, 0.6) is 0 Å². The Hall–Kier alpha value is -1.37. The first-order valence-corrected chi connectivity index (χ1v) is 8.66. The number of hydrogen-bond donors (Lipinski definition) is 1. The number of para-hydroxylation sites is 1. The smallest absolute Gasteiger partial charge is 0.325 e. The van der Waals surface area contributed by atoms with E-state index in [0.717, 1.165) is 11.6 Å². The standard InChI is InChI=1S/C16H12Cl2F3NOS/c17-12-6-5-10(7-13(12)18)8-24-9-15(23)22-14-4-2-1-3-11(14)16(19,20)21/h1-7H,8-9H2,(H,22,23). The lowest BCUT2D eigenvalue weighted by Gasteiger charge is -2.13. The van der Waals surface area contributed by atoms with Crippen molar-refractivity contribution in [3.8, 4) is 0 Å². The van der Waals surface area contributed by atoms with Gasteiger partial charge < -0.3 is 5.32 Å². The summed E-state index contributed by atoms with van der Waals surface area (Å²) in [6, 6.07) is 9.99. The topological polar surface area (TPSA) is 29.1 Å². The van der Waals surface area contributed by atoms with E-state index >= 15 is 0 Å². The Morgan fingerprint density at radius 1 is 1.08 bits per heavy atom. The van der Waals surface area contributed by atoms with Gasteiger partial charge in [0.25, 0.3) is 0 Å². The van der Waals surface area contributed by atoms with E-state index in [0.29, 0.717) is 15.8 Å². The molecule has 24 heavy (non-hydrogen) atoms. The van der Waals surface area contributed by atoms with E-state index in [1.54, 1.807) is 18.2 Å². The van der Waals surface area contributed by atoms with Crippen molar-refractivity contribution in [3.05, 3.63) is 63.6 Å². The maximum absolute atomic E-state index is 12.9. The summed E-state index contributed by atoms with van der Waals surface area (Å²) < 4.78 is 38.6. The number of alkyl halides is 3. The Bertz CT molecular complexity index is 738. The molecule has 2 aromatic rings. The Labute approximate surface area is 151 Å². The van der Waals surface area contributed by atoms with Crippen LogP contribution < -0.4 is 5.32 Å². The molecule has 0 heterocycles. The van der Waals surface area contributed by atoms with Gasteiger partial charge in [0.1, 0.15) is 0 Å². The highest BCUT2D eigenvalue weighted by Crippen LogP contribution is 2.34. The summed E-state index contributed by atoms with van der Waals surface area (Å²) >= 11 is 13.0. The van der Waals surface area contributed by atoms with Crippen molar-refractivity contribution in [2.75, 3.05) is 11.1 Å². The SMILES string of the molecule is O=C(CSCc1ccc(Cl)c(Cl)c1)Nc1ccccc1C(F)(F)F. The fraction of sp³-hybridized carbons (Fsp3) is 0.188. The van der Waals surface area contributed by atoms with Crippen LogP contribution in [0.1, 0.15) is 11.1 Å². The second-order valence-corrected chi connectivity index (χ2v) is 6.63. The Balaban J connectivity index is 1.91. The molecule has 0 unspecified atom stereocenters. The maximum Gasteiger partial charge on any atom is 0.418 e. The third-order valence-corrected chi connectivity index (χ3v) is 4.74. The molecule has 0 fully saturated rings. The number of thioether (sulfide) groups is 1. The number of hydrogen-bond acceptors (Lipinski definition) is 2. The first-order chi connectivity index (χ1) is 11.3. The van der Waals surface area contributed by atoms with Crippen LogP contribution in [0.15, 0.2) is 42.5 Å². The van der Waals surface area contributed by atoms with E-state index < -0.39 is 17.6 Å². The van der Waals surface area contributed by atoms with Gasteiger partial charge in [0.15, 0.2) is 0 Å². The molecule has 0 saturated carbocycles. The molecule has 8 heteroatoms. The molecule has 0 aliphatic heterocycles. The predicted octanol–water partition coefficient (Wildman–Crippen LogP) is 5.88. The molecule has 0 radical (unpaired) electrons. The van der Waals surface area contributed by atoms with Crippen LogP contribution in [0, 0.1) is 0 Å². The van der Waals surface area contributed by atoms with Crippen molar-refractivity contribution >= 4 is 46.6 Å². The third-order valence-electron chi connectivity index (χ3n) is 2.99. The normalized spacial score (nSPS) is 11.4. The maximum atomic E-state index is 12.9. The van der Waals surface area contributed by atoms with Gasteiger partial charge in [0.05, 0.1) is 27.0 Å². The molecule has 128 valence electrons. The molecular formula is C16H12Cl2F3NOS. The number of benzene rings is 2. The first-order valence-electron chi connectivity index (χ1n) is 6.75. The lowest BCUT2D eigenvalue weighted by Crippen LogP contribution is -2.18. The molecule has 0 atom stereocenters. The number of rotatable bonds is 5. The highest BCUT2D eigenvalue weighted by Gasteiger charge is 2.33. The second-order valence-electron chi connectivity index (χ2n) is 4.83. The van der Waals surface area contributed by atoms with Gasteiger partial charge in [-0.05, 0) is 29.8 Å². The van der Waals surface area contributed by atoms with Crippen molar-refractivity contribution in [2.45, 2.75) is 11.9 Å². The van der Waals surface area contributed by atoms with Gasteiger partial charge in [-0.15, -0.1) is 11.8 Å². The second kappa shape index (κ2) is 8.14. The van der Waals surface area contributed by atoms with E-state index in [1.807, 2.05) is 0 Å². The average molecular weight is 394 g/mol. The van der Waals surface area contributed by atoms with Gasteiger partial charge in [-0.3, -0.25) is 4.79 Å². The van der Waals surface area contributed by atoms with Gasteiger partial charge in [-0.2, -0.15) is 13.2 Å². The minimum Gasteiger partial charge on any atom is -0.325 e. The quantitative estimate of drug-likeness (QED) is 0.686. The van der Waals surface area contributed by atoms with Gasteiger partial charge in [0.2, 0.25) is 5.91 Å². The minimum atomic E-state index is -4.52. The lowest BCUT2D eigenvalue weighted by atomic mass is 10.1. The summed E-state index contributed by atoms with van der Waals surface area (Å²) in [6.45, 7) is 0. The van der Waals surface area contributed by atoms with E-state index in [2.05, 4.69) is 5.32 Å². The van der Waals surface area contributed by atoms with Crippen LogP contribution in [0.4, 0.5) is 18.9 Å². The lowest BCUT2D eigenvalue weighted by molar-refractivity contribution is -0.137. The van der Waals surface area contributed by atoms with E-state index in [1.165, 1.54) is 30.0 Å². The summed E-state index contributed by atoms with van der Waals surface area (Å²) in [4.78, 5) is 11.9. The molecule has 0 spiro atoms. The number of carbonyl (C=O) groups is 1. The van der Waals surface area contributed by atoms with Crippen molar-refractivity contribution in [2.24, 2.45) is 0 Å². The highest BCUT2D eigenvalue weighted by atomic mass is 35.5. The Kier molecular flexibility index (Phi) is 6.43. The molecule has 1 amide bonds. The molecule has 2 aromatic carbocycles. The largest absolute Gasteiger partial charge is 0.418 e.